The molecule has 1 heterocycles. The van der Waals surface area contributed by atoms with Crippen LogP contribution in [0.2, 0.25) is 0 Å². The average molecular weight is 374 g/mol. The molecule has 0 aliphatic heterocycles. The second kappa shape index (κ2) is 7.33. The van der Waals surface area contributed by atoms with E-state index in [1.807, 2.05) is 53.2 Å². The van der Waals surface area contributed by atoms with Crippen molar-refractivity contribution < 1.29 is 9.36 Å². The number of carbonyl (C=O) groups is 1. The first-order chi connectivity index (χ1) is 14.3. The van der Waals surface area contributed by atoms with E-state index >= 15 is 0 Å². The summed E-state index contributed by atoms with van der Waals surface area (Å²) in [7, 11) is 0. The molecule has 0 aliphatic carbocycles. The minimum absolute atomic E-state index is 0.105. The van der Waals surface area contributed by atoms with Gasteiger partial charge >= 0.3 is 0 Å². The van der Waals surface area contributed by atoms with Crippen LogP contribution in [0.25, 0.3) is 32.8 Å². The highest BCUT2D eigenvalue weighted by molar-refractivity contribution is 6.13. The molecule has 4 aromatic carbocycles. The number of benzene rings is 4. The summed E-state index contributed by atoms with van der Waals surface area (Å²) in [5.74, 6) is 0.105. The van der Waals surface area contributed by atoms with E-state index < -0.39 is 0 Å². The molecule has 0 unspecified atom stereocenters. The van der Waals surface area contributed by atoms with Gasteiger partial charge in [0.15, 0.2) is 6.20 Å². The molecule has 5 rings (SSSR count). The maximum Gasteiger partial charge on any atom is 0.227 e. The van der Waals surface area contributed by atoms with Crippen LogP contribution in [0, 0.1) is 0 Å². The van der Waals surface area contributed by atoms with Crippen molar-refractivity contribution in [1.82, 2.24) is 0 Å². The van der Waals surface area contributed by atoms with Crippen LogP contribution in [0.4, 0.5) is 0 Å². The molecule has 0 bridgehead atoms. The molecule has 0 atom stereocenters. The molecule has 138 valence electrons. The lowest BCUT2D eigenvalue weighted by atomic mass is 9.95. The first-order valence-electron chi connectivity index (χ1n) is 9.79. The molecule has 0 spiro atoms. The Labute approximate surface area is 169 Å². The van der Waals surface area contributed by atoms with Crippen molar-refractivity contribution in [3.8, 4) is 11.3 Å². The van der Waals surface area contributed by atoms with Gasteiger partial charge in [0.25, 0.3) is 0 Å². The molecule has 2 heteroatoms. The molecule has 5 aromatic rings. The van der Waals surface area contributed by atoms with E-state index in [-0.39, 0.29) is 5.78 Å². The summed E-state index contributed by atoms with van der Waals surface area (Å²) in [6, 6.07) is 34.8. The van der Waals surface area contributed by atoms with Gasteiger partial charge in [-0.15, -0.1) is 0 Å². The number of hydrogen-bond donors (Lipinski definition) is 0. The summed E-state index contributed by atoms with van der Waals surface area (Å²) in [4.78, 5) is 12.9. The van der Waals surface area contributed by atoms with Gasteiger partial charge in [0.1, 0.15) is 0 Å². The first kappa shape index (κ1) is 17.3. The Hall–Kier alpha value is -3.78. The van der Waals surface area contributed by atoms with Gasteiger partial charge in [-0.2, -0.15) is 4.57 Å². The Bertz CT molecular complexity index is 1340. The Morgan fingerprint density at radius 1 is 0.655 bits per heavy atom. The number of rotatable bonds is 4. The number of ketones is 1. The summed E-state index contributed by atoms with van der Waals surface area (Å²) >= 11 is 0. The Balaban J connectivity index is 1.69. The normalized spacial score (nSPS) is 11.0. The third kappa shape index (κ3) is 3.19. The van der Waals surface area contributed by atoms with Crippen LogP contribution in [0.3, 0.4) is 0 Å². The number of carbonyl (C=O) groups excluding carboxylic acids is 1. The molecule has 0 amide bonds. The molecule has 1 aromatic heterocycles. The van der Waals surface area contributed by atoms with Crippen molar-refractivity contribution in [1.29, 1.82) is 0 Å². The monoisotopic (exact) mass is 374 g/mol. The van der Waals surface area contributed by atoms with E-state index in [0.717, 1.165) is 16.8 Å². The molecule has 0 N–H and O–H groups in total. The van der Waals surface area contributed by atoms with Crippen molar-refractivity contribution in [2.45, 2.75) is 6.54 Å². The number of pyridine rings is 1. The quantitative estimate of drug-likeness (QED) is 0.220. The molecule has 29 heavy (non-hydrogen) atoms. The molecule has 0 aliphatic rings. The molecule has 2 nitrogen and oxygen atoms in total. The minimum Gasteiger partial charge on any atom is -0.287 e. The zero-order chi connectivity index (χ0) is 19.6. The van der Waals surface area contributed by atoms with Gasteiger partial charge in [-0.05, 0) is 33.7 Å². The number of hydrogen-bond acceptors (Lipinski definition) is 1. The van der Waals surface area contributed by atoms with E-state index in [4.69, 9.17) is 0 Å². The van der Waals surface area contributed by atoms with Crippen LogP contribution in [0.5, 0.6) is 0 Å². The molecule has 0 fully saturated rings. The van der Waals surface area contributed by atoms with Crippen molar-refractivity contribution in [3.05, 3.63) is 115 Å². The second-order valence-electron chi connectivity index (χ2n) is 7.19. The highest BCUT2D eigenvalue weighted by Crippen LogP contribution is 2.33. The van der Waals surface area contributed by atoms with E-state index in [9.17, 15) is 4.79 Å². The summed E-state index contributed by atoms with van der Waals surface area (Å²) in [6.07, 6.45) is 1.99. The van der Waals surface area contributed by atoms with Crippen LogP contribution in [-0.2, 0) is 6.54 Å². The molecule has 0 saturated carbocycles. The lowest BCUT2D eigenvalue weighted by molar-refractivity contribution is -0.672. The fourth-order valence-electron chi connectivity index (χ4n) is 3.99. The minimum atomic E-state index is 0.105. The first-order valence-corrected chi connectivity index (χ1v) is 9.79. The van der Waals surface area contributed by atoms with Gasteiger partial charge in [-0.3, -0.25) is 4.79 Å². The molecule has 0 saturated heterocycles. The molecular weight excluding hydrogens is 354 g/mol. The highest BCUT2D eigenvalue weighted by Gasteiger charge is 2.20. The number of fused-ring (bicyclic) bond motifs is 3. The van der Waals surface area contributed by atoms with Gasteiger partial charge in [0.2, 0.25) is 18.0 Å². The van der Waals surface area contributed by atoms with Crippen LogP contribution >= 0.6 is 0 Å². The van der Waals surface area contributed by atoms with Gasteiger partial charge < -0.3 is 0 Å². The Morgan fingerprint density at radius 2 is 1.31 bits per heavy atom. The summed E-state index contributed by atoms with van der Waals surface area (Å²) in [6.45, 7) is 0.307. The summed E-state index contributed by atoms with van der Waals surface area (Å²) < 4.78 is 2.05. The van der Waals surface area contributed by atoms with Crippen LogP contribution in [-0.4, -0.2) is 5.78 Å². The fourth-order valence-corrected chi connectivity index (χ4v) is 3.99. The van der Waals surface area contributed by atoms with E-state index in [1.165, 1.54) is 21.5 Å². The van der Waals surface area contributed by atoms with Crippen molar-refractivity contribution in [3.63, 3.8) is 0 Å². The maximum absolute atomic E-state index is 12.9. The summed E-state index contributed by atoms with van der Waals surface area (Å²) in [5.41, 5.74) is 2.91. The van der Waals surface area contributed by atoms with E-state index in [2.05, 4.69) is 60.7 Å². The Morgan fingerprint density at radius 3 is 2.14 bits per heavy atom. The molecular formula is C27H20NO+. The van der Waals surface area contributed by atoms with Crippen LogP contribution < -0.4 is 4.57 Å². The Kier molecular flexibility index (Phi) is 4.38. The van der Waals surface area contributed by atoms with Crippen molar-refractivity contribution >= 4 is 27.3 Å². The zero-order valence-electron chi connectivity index (χ0n) is 16.0. The lowest BCUT2D eigenvalue weighted by Crippen LogP contribution is -2.39. The summed E-state index contributed by atoms with van der Waals surface area (Å²) in [5, 5.41) is 4.87. The number of nitrogens with zero attached hydrogens (tertiary/aromatic N) is 1. The predicted molar refractivity (Wildman–Crippen MR) is 118 cm³/mol. The lowest BCUT2D eigenvalue weighted by Gasteiger charge is -2.10. The molecule has 0 radical (unpaired) electrons. The number of aromatic nitrogens is 1. The highest BCUT2D eigenvalue weighted by atomic mass is 16.1. The van der Waals surface area contributed by atoms with Crippen molar-refractivity contribution in [2.24, 2.45) is 0 Å². The number of Topliss-reactive ketones (excluding diaryl/α,β-unsaturated/α-hetero) is 1. The zero-order valence-corrected chi connectivity index (χ0v) is 16.0. The topological polar surface area (TPSA) is 20.9 Å². The average Bonchev–Trinajstić information content (AvgIpc) is 2.79. The van der Waals surface area contributed by atoms with Gasteiger partial charge in [-0.25, -0.2) is 0 Å². The fraction of sp³-hybridized carbons (Fsp3) is 0.0370. The maximum atomic E-state index is 12.9. The van der Waals surface area contributed by atoms with Crippen LogP contribution in [0.1, 0.15) is 10.4 Å². The predicted octanol–water partition coefficient (Wildman–Crippen LogP) is 5.83. The van der Waals surface area contributed by atoms with E-state index in [0.29, 0.717) is 6.54 Å². The van der Waals surface area contributed by atoms with Gasteiger partial charge in [0, 0.05) is 17.7 Å². The third-order valence-corrected chi connectivity index (χ3v) is 5.39. The van der Waals surface area contributed by atoms with Crippen molar-refractivity contribution in [2.75, 3.05) is 0 Å². The van der Waals surface area contributed by atoms with E-state index in [1.54, 1.807) is 0 Å². The largest absolute Gasteiger partial charge is 0.287 e. The van der Waals surface area contributed by atoms with Gasteiger partial charge in [-0.1, -0.05) is 78.9 Å². The van der Waals surface area contributed by atoms with Gasteiger partial charge in [0.05, 0.1) is 5.56 Å². The smallest absolute Gasteiger partial charge is 0.227 e. The standard InChI is InChI=1S/C27H20NO/c29-27(20-10-2-1-3-11-20)19-28-17-9-8-16-26(28)25-18-21-12-4-5-13-22(21)23-14-6-7-15-24(23)25/h1-18H,19H2/q+1. The third-order valence-electron chi connectivity index (χ3n) is 5.39. The SMILES string of the molecule is O=C(C[n+]1ccccc1-c1cc2ccccc2c2ccccc12)c1ccccc1. The second-order valence-corrected chi connectivity index (χ2v) is 7.19. The van der Waals surface area contributed by atoms with Crippen LogP contribution in [0.15, 0.2) is 109 Å².